The lowest BCUT2D eigenvalue weighted by Gasteiger charge is -2.27. The molecule has 0 aliphatic heterocycles. The third-order valence-corrected chi connectivity index (χ3v) is 4.09. The maximum absolute atomic E-state index is 12.3. The zero-order chi connectivity index (χ0) is 17.7. The summed E-state index contributed by atoms with van der Waals surface area (Å²) in [7, 11) is 0. The molecule has 0 bridgehead atoms. The van der Waals surface area contributed by atoms with Crippen LogP contribution < -0.4 is 16.0 Å². The second-order valence-corrected chi connectivity index (χ2v) is 6.26. The Morgan fingerprint density at radius 1 is 1.08 bits per heavy atom. The van der Waals surface area contributed by atoms with Gasteiger partial charge in [0.25, 0.3) is 5.91 Å². The summed E-state index contributed by atoms with van der Waals surface area (Å²) in [5, 5.41) is 2.90. The van der Waals surface area contributed by atoms with Gasteiger partial charge in [0, 0.05) is 35.1 Å². The zero-order valence-corrected chi connectivity index (χ0v) is 15.1. The number of hydrogen-bond acceptors (Lipinski definition) is 3. The van der Waals surface area contributed by atoms with Crippen LogP contribution in [0.25, 0.3) is 0 Å². The molecule has 0 aliphatic rings. The van der Waals surface area contributed by atoms with E-state index in [1.165, 1.54) is 0 Å². The molecule has 2 aromatic rings. The normalized spacial score (nSPS) is 10.5. The van der Waals surface area contributed by atoms with Crippen LogP contribution in [0.5, 0.6) is 0 Å². The van der Waals surface area contributed by atoms with Crippen molar-refractivity contribution in [3.63, 3.8) is 0 Å². The number of rotatable bonds is 6. The van der Waals surface area contributed by atoms with E-state index in [0.717, 1.165) is 23.5 Å². The van der Waals surface area contributed by atoms with Crippen molar-refractivity contribution < 1.29 is 4.79 Å². The highest BCUT2D eigenvalue weighted by molar-refractivity contribution is 7.80. The van der Waals surface area contributed by atoms with Crippen LogP contribution in [0.2, 0.25) is 0 Å². The number of amides is 1. The summed E-state index contributed by atoms with van der Waals surface area (Å²) in [4.78, 5) is 14.9. The molecule has 0 atom stereocenters. The first-order valence-corrected chi connectivity index (χ1v) is 8.41. The SMILES string of the molecule is CCN(c1ccc(NC(=O)c2ccc(C(N)=S)cc2)cc1)C(C)C. The van der Waals surface area contributed by atoms with Crippen molar-refractivity contribution in [2.75, 3.05) is 16.8 Å². The molecule has 24 heavy (non-hydrogen) atoms. The summed E-state index contributed by atoms with van der Waals surface area (Å²) in [6.07, 6.45) is 0. The minimum Gasteiger partial charge on any atom is -0.389 e. The van der Waals surface area contributed by atoms with Crippen molar-refractivity contribution in [1.29, 1.82) is 0 Å². The number of carbonyl (C=O) groups is 1. The third-order valence-electron chi connectivity index (χ3n) is 3.85. The number of nitrogens with one attached hydrogen (secondary N) is 1. The van der Waals surface area contributed by atoms with Gasteiger partial charge in [0.05, 0.1) is 0 Å². The Labute approximate surface area is 148 Å². The van der Waals surface area contributed by atoms with Gasteiger partial charge in [-0.1, -0.05) is 24.4 Å². The molecular weight excluding hydrogens is 318 g/mol. The topological polar surface area (TPSA) is 58.4 Å². The predicted molar refractivity (Wildman–Crippen MR) is 105 cm³/mol. The van der Waals surface area contributed by atoms with Gasteiger partial charge in [0.1, 0.15) is 4.99 Å². The van der Waals surface area contributed by atoms with Crippen LogP contribution in [0.1, 0.15) is 36.7 Å². The number of nitrogens with zero attached hydrogens (tertiary/aromatic N) is 1. The summed E-state index contributed by atoms with van der Waals surface area (Å²) in [6, 6.07) is 15.3. The minimum absolute atomic E-state index is 0.159. The molecule has 0 radical (unpaired) electrons. The van der Waals surface area contributed by atoms with E-state index in [0.29, 0.717) is 16.6 Å². The zero-order valence-electron chi connectivity index (χ0n) is 14.2. The van der Waals surface area contributed by atoms with E-state index in [2.05, 4.69) is 31.0 Å². The molecule has 4 nitrogen and oxygen atoms in total. The van der Waals surface area contributed by atoms with Crippen molar-refractivity contribution in [3.8, 4) is 0 Å². The van der Waals surface area contributed by atoms with Gasteiger partial charge in [-0.15, -0.1) is 0 Å². The van der Waals surface area contributed by atoms with Gasteiger partial charge in [0.2, 0.25) is 0 Å². The Hall–Kier alpha value is -2.40. The highest BCUT2D eigenvalue weighted by Gasteiger charge is 2.10. The Balaban J connectivity index is 2.07. The molecule has 126 valence electrons. The fourth-order valence-electron chi connectivity index (χ4n) is 2.57. The first-order valence-electron chi connectivity index (χ1n) is 8.00. The van der Waals surface area contributed by atoms with Crippen molar-refractivity contribution in [3.05, 3.63) is 59.7 Å². The van der Waals surface area contributed by atoms with Gasteiger partial charge in [0.15, 0.2) is 0 Å². The molecule has 0 saturated heterocycles. The average Bonchev–Trinajstić information content (AvgIpc) is 2.56. The summed E-state index contributed by atoms with van der Waals surface area (Å²) in [6.45, 7) is 7.40. The molecule has 0 saturated carbocycles. The molecule has 3 N–H and O–H groups in total. The smallest absolute Gasteiger partial charge is 0.255 e. The summed E-state index contributed by atoms with van der Waals surface area (Å²) in [5.74, 6) is -0.159. The molecule has 1 amide bonds. The van der Waals surface area contributed by atoms with Crippen molar-refractivity contribution in [2.24, 2.45) is 5.73 Å². The van der Waals surface area contributed by atoms with Crippen molar-refractivity contribution >= 4 is 34.5 Å². The molecule has 2 aromatic carbocycles. The lowest BCUT2D eigenvalue weighted by molar-refractivity contribution is 0.102. The number of thiocarbonyl (C=S) groups is 1. The van der Waals surface area contributed by atoms with Gasteiger partial charge >= 0.3 is 0 Å². The summed E-state index contributed by atoms with van der Waals surface area (Å²) < 4.78 is 0. The van der Waals surface area contributed by atoms with Crippen LogP contribution in [0.3, 0.4) is 0 Å². The van der Waals surface area contributed by atoms with Crippen molar-refractivity contribution in [2.45, 2.75) is 26.8 Å². The molecule has 0 heterocycles. The standard InChI is InChI=1S/C19H23N3OS/c1-4-22(13(2)3)17-11-9-16(10-12-17)21-19(23)15-7-5-14(6-8-15)18(20)24/h5-13H,4H2,1-3H3,(H2,20,24)(H,21,23). The van der Waals surface area contributed by atoms with Gasteiger partial charge in [-0.25, -0.2) is 0 Å². The Morgan fingerprint density at radius 2 is 1.62 bits per heavy atom. The first-order chi connectivity index (χ1) is 11.4. The largest absolute Gasteiger partial charge is 0.389 e. The predicted octanol–water partition coefficient (Wildman–Crippen LogP) is 3.81. The van der Waals surface area contributed by atoms with E-state index in [-0.39, 0.29) is 5.91 Å². The average molecular weight is 341 g/mol. The lowest BCUT2D eigenvalue weighted by Crippen LogP contribution is -2.30. The third kappa shape index (κ3) is 4.32. The minimum atomic E-state index is -0.159. The Kier molecular flexibility index (Phi) is 5.93. The Bertz CT molecular complexity index is 708. The number of hydrogen-bond donors (Lipinski definition) is 2. The maximum atomic E-state index is 12.3. The summed E-state index contributed by atoms with van der Waals surface area (Å²) in [5.41, 5.74) is 8.79. The van der Waals surface area contributed by atoms with Gasteiger partial charge in [-0.2, -0.15) is 0 Å². The number of anilines is 2. The molecule has 0 fully saturated rings. The molecular formula is C19H23N3OS. The van der Waals surface area contributed by atoms with Gasteiger partial charge in [-0.3, -0.25) is 4.79 Å². The fourth-order valence-corrected chi connectivity index (χ4v) is 2.71. The van der Waals surface area contributed by atoms with Crippen LogP contribution in [0, 0.1) is 0 Å². The monoisotopic (exact) mass is 341 g/mol. The second-order valence-electron chi connectivity index (χ2n) is 5.82. The maximum Gasteiger partial charge on any atom is 0.255 e. The van der Waals surface area contributed by atoms with Crippen molar-refractivity contribution in [1.82, 2.24) is 0 Å². The highest BCUT2D eigenvalue weighted by atomic mass is 32.1. The van der Waals surface area contributed by atoms with Gasteiger partial charge in [-0.05, 0) is 57.2 Å². The molecule has 0 unspecified atom stereocenters. The molecule has 0 aliphatic carbocycles. The van der Waals surface area contributed by atoms with E-state index in [4.69, 9.17) is 18.0 Å². The molecule has 2 rings (SSSR count). The second kappa shape index (κ2) is 7.93. The van der Waals surface area contributed by atoms with E-state index < -0.39 is 0 Å². The van der Waals surface area contributed by atoms with E-state index in [1.54, 1.807) is 24.3 Å². The van der Waals surface area contributed by atoms with Crippen LogP contribution in [-0.4, -0.2) is 23.5 Å². The van der Waals surface area contributed by atoms with Crippen LogP contribution in [-0.2, 0) is 0 Å². The summed E-state index contributed by atoms with van der Waals surface area (Å²) >= 11 is 4.91. The Morgan fingerprint density at radius 3 is 2.08 bits per heavy atom. The number of nitrogens with two attached hydrogens (primary N) is 1. The molecule has 0 aromatic heterocycles. The van der Waals surface area contributed by atoms with Crippen LogP contribution in [0.4, 0.5) is 11.4 Å². The van der Waals surface area contributed by atoms with E-state index in [1.807, 2.05) is 24.3 Å². The fraction of sp³-hybridized carbons (Fsp3) is 0.263. The number of carbonyl (C=O) groups excluding carboxylic acids is 1. The highest BCUT2D eigenvalue weighted by Crippen LogP contribution is 2.20. The van der Waals surface area contributed by atoms with E-state index in [9.17, 15) is 4.79 Å². The molecule has 0 spiro atoms. The van der Waals surface area contributed by atoms with Crippen LogP contribution >= 0.6 is 12.2 Å². The molecule has 5 heteroatoms. The first kappa shape index (κ1) is 17.9. The van der Waals surface area contributed by atoms with Crippen LogP contribution in [0.15, 0.2) is 48.5 Å². The number of benzene rings is 2. The lowest BCUT2D eigenvalue weighted by atomic mass is 10.1. The quantitative estimate of drug-likeness (QED) is 0.785. The van der Waals surface area contributed by atoms with Gasteiger partial charge < -0.3 is 16.0 Å². The van der Waals surface area contributed by atoms with E-state index >= 15 is 0 Å².